The van der Waals surface area contributed by atoms with E-state index in [9.17, 15) is 5.11 Å². The summed E-state index contributed by atoms with van der Waals surface area (Å²) >= 11 is 0. The van der Waals surface area contributed by atoms with Crippen molar-refractivity contribution >= 4 is 0 Å². The molecule has 0 radical (unpaired) electrons. The molecule has 1 aliphatic rings. The Morgan fingerprint density at radius 1 is 1.56 bits per heavy atom. The minimum Gasteiger partial charge on any atom is -0.382 e. The van der Waals surface area contributed by atoms with Gasteiger partial charge in [-0.1, -0.05) is 26.2 Å². The smallest absolute Gasteiger partial charge is 0.140 e. The van der Waals surface area contributed by atoms with E-state index in [-0.39, 0.29) is 0 Å². The fourth-order valence-electron chi connectivity index (χ4n) is 2.55. The van der Waals surface area contributed by atoms with E-state index in [4.69, 9.17) is 0 Å². The largest absolute Gasteiger partial charge is 0.382 e. The molecule has 0 bridgehead atoms. The first kappa shape index (κ1) is 11.6. The van der Waals surface area contributed by atoms with E-state index in [2.05, 4.69) is 16.5 Å². The molecule has 16 heavy (non-hydrogen) atoms. The van der Waals surface area contributed by atoms with Gasteiger partial charge in [-0.3, -0.25) is 0 Å². The lowest BCUT2D eigenvalue weighted by Crippen LogP contribution is -2.31. The molecule has 3 heteroatoms. The summed E-state index contributed by atoms with van der Waals surface area (Å²) in [4.78, 5) is 4.33. The Morgan fingerprint density at radius 3 is 2.88 bits per heavy atom. The van der Waals surface area contributed by atoms with Crippen molar-refractivity contribution in [3.63, 3.8) is 0 Å². The van der Waals surface area contributed by atoms with Crippen LogP contribution in [-0.4, -0.2) is 14.7 Å². The topological polar surface area (TPSA) is 38.0 Å². The zero-order valence-electron chi connectivity index (χ0n) is 10.3. The lowest BCUT2D eigenvalue weighted by molar-refractivity contribution is 0.00511. The van der Waals surface area contributed by atoms with Crippen LogP contribution in [0.25, 0.3) is 0 Å². The fraction of sp³-hybridized carbons (Fsp3) is 0.769. The molecule has 1 aliphatic carbocycles. The first-order chi connectivity index (χ1) is 7.63. The Balaban J connectivity index is 2.09. The molecule has 1 aromatic rings. The van der Waals surface area contributed by atoms with Crippen LogP contribution in [0, 0.1) is 5.92 Å². The maximum Gasteiger partial charge on any atom is 0.140 e. The first-order valence-electron chi connectivity index (χ1n) is 6.37. The molecule has 3 nitrogen and oxygen atoms in total. The van der Waals surface area contributed by atoms with Crippen LogP contribution in [0.3, 0.4) is 0 Å². The molecule has 0 aromatic carbocycles. The first-order valence-corrected chi connectivity index (χ1v) is 6.37. The summed E-state index contributed by atoms with van der Waals surface area (Å²) in [5.41, 5.74) is -0.760. The lowest BCUT2D eigenvalue weighted by atomic mass is 9.77. The zero-order chi connectivity index (χ0) is 11.6. The molecule has 2 rings (SSSR count). The predicted octanol–water partition coefficient (Wildman–Crippen LogP) is 2.69. The third-order valence-corrected chi connectivity index (χ3v) is 3.57. The van der Waals surface area contributed by atoms with E-state index in [1.165, 1.54) is 19.3 Å². The SMILES string of the molecule is CCCn1ccnc1C(C)(O)CC1CCC1. The summed E-state index contributed by atoms with van der Waals surface area (Å²) in [6.07, 6.45) is 9.55. The molecule has 1 aromatic heterocycles. The second-order valence-electron chi connectivity index (χ2n) is 5.22. The van der Waals surface area contributed by atoms with Crippen molar-refractivity contribution in [3.8, 4) is 0 Å². The summed E-state index contributed by atoms with van der Waals surface area (Å²) in [6, 6.07) is 0. The van der Waals surface area contributed by atoms with Crippen LogP contribution in [0.1, 0.15) is 51.8 Å². The van der Waals surface area contributed by atoms with Crippen molar-refractivity contribution in [1.82, 2.24) is 9.55 Å². The monoisotopic (exact) mass is 222 g/mol. The Labute approximate surface area is 97.5 Å². The third kappa shape index (κ3) is 2.29. The summed E-state index contributed by atoms with van der Waals surface area (Å²) in [5, 5.41) is 10.5. The highest BCUT2D eigenvalue weighted by Gasteiger charge is 2.33. The van der Waals surface area contributed by atoms with Crippen LogP contribution >= 0.6 is 0 Å². The highest BCUT2D eigenvalue weighted by Crippen LogP contribution is 2.37. The van der Waals surface area contributed by atoms with Gasteiger partial charge in [-0.15, -0.1) is 0 Å². The van der Waals surface area contributed by atoms with E-state index in [0.717, 1.165) is 25.2 Å². The van der Waals surface area contributed by atoms with Crippen LogP contribution in [0.2, 0.25) is 0 Å². The Hall–Kier alpha value is -0.830. The van der Waals surface area contributed by atoms with Crippen LogP contribution in [0.5, 0.6) is 0 Å². The van der Waals surface area contributed by atoms with Crippen molar-refractivity contribution < 1.29 is 5.11 Å². The zero-order valence-corrected chi connectivity index (χ0v) is 10.3. The molecule has 1 N–H and O–H groups in total. The van der Waals surface area contributed by atoms with Gasteiger partial charge in [-0.2, -0.15) is 0 Å². The van der Waals surface area contributed by atoms with E-state index in [1.54, 1.807) is 6.20 Å². The molecule has 90 valence electrons. The van der Waals surface area contributed by atoms with Crippen LogP contribution in [0.15, 0.2) is 12.4 Å². The molecule has 0 saturated heterocycles. The molecule has 0 spiro atoms. The fourth-order valence-corrected chi connectivity index (χ4v) is 2.55. The number of imidazole rings is 1. The number of aliphatic hydroxyl groups is 1. The van der Waals surface area contributed by atoms with E-state index in [1.807, 2.05) is 13.1 Å². The lowest BCUT2D eigenvalue weighted by Gasteiger charge is -2.33. The quantitative estimate of drug-likeness (QED) is 0.831. The van der Waals surface area contributed by atoms with Gasteiger partial charge in [0.1, 0.15) is 11.4 Å². The van der Waals surface area contributed by atoms with E-state index >= 15 is 0 Å². The van der Waals surface area contributed by atoms with Gasteiger partial charge in [0.2, 0.25) is 0 Å². The van der Waals surface area contributed by atoms with Crippen molar-refractivity contribution in [2.45, 2.75) is 58.1 Å². The molecule has 1 heterocycles. The number of rotatable bonds is 5. The highest BCUT2D eigenvalue weighted by atomic mass is 16.3. The predicted molar refractivity (Wildman–Crippen MR) is 64.0 cm³/mol. The van der Waals surface area contributed by atoms with Gasteiger partial charge in [-0.05, 0) is 25.7 Å². The maximum atomic E-state index is 10.5. The van der Waals surface area contributed by atoms with Crippen LogP contribution in [-0.2, 0) is 12.1 Å². The highest BCUT2D eigenvalue weighted by molar-refractivity contribution is 5.04. The Bertz CT molecular complexity index is 339. The van der Waals surface area contributed by atoms with Crippen LogP contribution < -0.4 is 0 Å². The van der Waals surface area contributed by atoms with Crippen molar-refractivity contribution in [1.29, 1.82) is 0 Å². The van der Waals surface area contributed by atoms with Gasteiger partial charge < -0.3 is 9.67 Å². The average molecular weight is 222 g/mol. The molecule has 0 amide bonds. The van der Waals surface area contributed by atoms with Crippen LogP contribution in [0.4, 0.5) is 0 Å². The Kier molecular flexibility index (Phi) is 3.33. The summed E-state index contributed by atoms with van der Waals surface area (Å²) in [7, 11) is 0. The Morgan fingerprint density at radius 2 is 2.31 bits per heavy atom. The van der Waals surface area contributed by atoms with E-state index < -0.39 is 5.60 Å². The normalized spacial score (nSPS) is 20.4. The van der Waals surface area contributed by atoms with Gasteiger partial charge in [-0.25, -0.2) is 4.98 Å². The molecular formula is C13H22N2O. The summed E-state index contributed by atoms with van der Waals surface area (Å²) in [6.45, 7) is 4.99. The minimum atomic E-state index is -0.760. The van der Waals surface area contributed by atoms with Crippen molar-refractivity contribution in [3.05, 3.63) is 18.2 Å². The maximum absolute atomic E-state index is 10.5. The van der Waals surface area contributed by atoms with E-state index in [0.29, 0.717) is 5.92 Å². The average Bonchev–Trinajstić information content (AvgIpc) is 2.61. The van der Waals surface area contributed by atoms with Gasteiger partial charge in [0.05, 0.1) is 0 Å². The van der Waals surface area contributed by atoms with Crippen molar-refractivity contribution in [2.75, 3.05) is 0 Å². The molecule has 1 atom stereocenters. The van der Waals surface area contributed by atoms with Gasteiger partial charge in [0.25, 0.3) is 0 Å². The number of nitrogens with zero attached hydrogens (tertiary/aromatic N) is 2. The number of hydrogen-bond donors (Lipinski definition) is 1. The molecule has 0 aliphatic heterocycles. The molecule has 1 fully saturated rings. The number of aryl methyl sites for hydroxylation is 1. The molecule has 1 saturated carbocycles. The van der Waals surface area contributed by atoms with Gasteiger partial charge in [0.15, 0.2) is 0 Å². The second-order valence-corrected chi connectivity index (χ2v) is 5.22. The third-order valence-electron chi connectivity index (χ3n) is 3.57. The number of aromatic nitrogens is 2. The second kappa shape index (κ2) is 4.58. The molecular weight excluding hydrogens is 200 g/mol. The summed E-state index contributed by atoms with van der Waals surface area (Å²) < 4.78 is 2.08. The van der Waals surface area contributed by atoms with Crippen molar-refractivity contribution in [2.24, 2.45) is 5.92 Å². The number of hydrogen-bond acceptors (Lipinski definition) is 2. The molecule has 1 unspecified atom stereocenters. The van der Waals surface area contributed by atoms with Gasteiger partial charge in [0, 0.05) is 18.9 Å². The minimum absolute atomic E-state index is 0.696. The van der Waals surface area contributed by atoms with Gasteiger partial charge >= 0.3 is 0 Å². The summed E-state index contributed by atoms with van der Waals surface area (Å²) in [5.74, 6) is 1.53. The standard InChI is InChI=1S/C13H22N2O/c1-3-8-15-9-7-14-12(15)13(2,16)10-11-5-4-6-11/h7,9,11,16H,3-6,8,10H2,1-2H3.